The second-order valence-corrected chi connectivity index (χ2v) is 6.98. The lowest BCUT2D eigenvalue weighted by molar-refractivity contribution is -0.143. The molecule has 1 aromatic rings. The Balaban J connectivity index is 1.80. The second kappa shape index (κ2) is 5.78. The van der Waals surface area contributed by atoms with E-state index in [4.69, 9.17) is 5.73 Å². The summed E-state index contributed by atoms with van der Waals surface area (Å²) < 4.78 is 2.07. The molecule has 1 aromatic heterocycles. The zero-order chi connectivity index (χ0) is 15.7. The smallest absolute Gasteiger partial charge is 0.250 e. The molecule has 2 N–H and O–H groups in total. The Kier molecular flexibility index (Phi) is 3.98. The average molecular weight is 303 g/mol. The van der Waals surface area contributed by atoms with Gasteiger partial charge in [-0.1, -0.05) is 26.2 Å². The molecule has 0 bridgehead atoms. The lowest BCUT2D eigenvalue weighted by atomic mass is 9.74. The summed E-state index contributed by atoms with van der Waals surface area (Å²) in [6.45, 7) is 4.33. The summed E-state index contributed by atoms with van der Waals surface area (Å²) in [5.41, 5.74) is 6.71. The molecule has 2 amide bonds. The van der Waals surface area contributed by atoms with Crippen molar-refractivity contribution in [3.8, 4) is 0 Å². The van der Waals surface area contributed by atoms with E-state index in [-0.39, 0.29) is 11.3 Å². The maximum Gasteiger partial charge on any atom is 0.250 e. The standard InChI is InChI=1S/C17H25N3O2/c1-17(6-3-2-4-7-17)16(22)20-9-5-8-19-11-13(15(18)21)10-14(19)12-20/h10-11H,2-9,12H2,1H3,(H2,18,21). The zero-order valence-electron chi connectivity index (χ0n) is 13.3. The number of nitrogens with zero attached hydrogens (tertiary/aromatic N) is 2. The molecule has 2 heterocycles. The van der Waals surface area contributed by atoms with Crippen LogP contribution >= 0.6 is 0 Å². The summed E-state index contributed by atoms with van der Waals surface area (Å²) in [4.78, 5) is 26.3. The Bertz CT molecular complexity index is 585. The van der Waals surface area contributed by atoms with E-state index in [2.05, 4.69) is 11.5 Å². The number of rotatable bonds is 2. The van der Waals surface area contributed by atoms with Gasteiger partial charge in [-0.05, 0) is 25.3 Å². The number of primary amides is 1. The Labute approximate surface area is 131 Å². The number of hydrogen-bond donors (Lipinski definition) is 1. The molecule has 5 nitrogen and oxygen atoms in total. The summed E-state index contributed by atoms with van der Waals surface area (Å²) in [6.07, 6.45) is 8.27. The van der Waals surface area contributed by atoms with Gasteiger partial charge in [0.15, 0.2) is 0 Å². The normalized spacial score (nSPS) is 21.0. The molecule has 0 radical (unpaired) electrons. The van der Waals surface area contributed by atoms with Gasteiger partial charge in [-0.15, -0.1) is 0 Å². The van der Waals surface area contributed by atoms with Crippen LogP contribution in [0.3, 0.4) is 0 Å². The van der Waals surface area contributed by atoms with Gasteiger partial charge in [0.25, 0.3) is 0 Å². The van der Waals surface area contributed by atoms with E-state index in [9.17, 15) is 9.59 Å². The molecule has 1 aliphatic heterocycles. The lowest BCUT2D eigenvalue weighted by Crippen LogP contribution is -2.43. The molecule has 3 rings (SSSR count). The number of carbonyl (C=O) groups is 2. The number of nitrogens with two attached hydrogens (primary N) is 1. The summed E-state index contributed by atoms with van der Waals surface area (Å²) >= 11 is 0. The van der Waals surface area contributed by atoms with Crippen LogP contribution in [0.15, 0.2) is 12.3 Å². The van der Waals surface area contributed by atoms with Crippen molar-refractivity contribution >= 4 is 11.8 Å². The van der Waals surface area contributed by atoms with E-state index in [0.29, 0.717) is 12.1 Å². The second-order valence-electron chi connectivity index (χ2n) is 6.98. The summed E-state index contributed by atoms with van der Waals surface area (Å²) in [7, 11) is 0. The Morgan fingerprint density at radius 1 is 1.14 bits per heavy atom. The molecule has 1 fully saturated rings. The monoisotopic (exact) mass is 303 g/mol. The zero-order valence-corrected chi connectivity index (χ0v) is 13.3. The van der Waals surface area contributed by atoms with Crippen LogP contribution in [-0.2, 0) is 17.9 Å². The molecule has 22 heavy (non-hydrogen) atoms. The largest absolute Gasteiger partial charge is 0.366 e. The lowest BCUT2D eigenvalue weighted by Gasteiger charge is -2.36. The van der Waals surface area contributed by atoms with E-state index in [0.717, 1.165) is 50.9 Å². The van der Waals surface area contributed by atoms with Gasteiger partial charge >= 0.3 is 0 Å². The van der Waals surface area contributed by atoms with Crippen LogP contribution in [0.2, 0.25) is 0 Å². The predicted octanol–water partition coefficient (Wildman–Crippen LogP) is 2.29. The summed E-state index contributed by atoms with van der Waals surface area (Å²) in [6, 6.07) is 1.83. The summed E-state index contributed by atoms with van der Waals surface area (Å²) in [5.74, 6) is -0.125. The minimum atomic E-state index is -0.405. The molecule has 1 aliphatic carbocycles. The van der Waals surface area contributed by atoms with Crippen LogP contribution in [0.4, 0.5) is 0 Å². The molecular weight excluding hydrogens is 278 g/mol. The highest BCUT2D eigenvalue weighted by atomic mass is 16.2. The SMILES string of the molecule is CC1(C(=O)N2CCCn3cc(C(N)=O)cc3C2)CCCCC1. The van der Waals surface area contributed by atoms with Gasteiger partial charge in [0.1, 0.15) is 0 Å². The molecule has 5 heteroatoms. The van der Waals surface area contributed by atoms with Gasteiger partial charge in [0, 0.05) is 30.4 Å². The minimum absolute atomic E-state index is 0.202. The number of hydrogen-bond acceptors (Lipinski definition) is 2. The third-order valence-corrected chi connectivity index (χ3v) is 5.21. The molecule has 0 atom stereocenters. The number of carbonyl (C=O) groups excluding carboxylic acids is 2. The van der Waals surface area contributed by atoms with E-state index >= 15 is 0 Å². The third kappa shape index (κ3) is 2.76. The third-order valence-electron chi connectivity index (χ3n) is 5.21. The highest BCUT2D eigenvalue weighted by Crippen LogP contribution is 2.38. The molecular formula is C17H25N3O2. The van der Waals surface area contributed by atoms with E-state index in [1.807, 2.05) is 17.2 Å². The quantitative estimate of drug-likeness (QED) is 0.910. The molecule has 1 saturated carbocycles. The van der Waals surface area contributed by atoms with Crippen LogP contribution in [-0.4, -0.2) is 27.8 Å². The fourth-order valence-electron chi connectivity index (χ4n) is 3.84. The molecule has 2 aliphatic rings. The molecule has 0 unspecified atom stereocenters. The molecule has 120 valence electrons. The van der Waals surface area contributed by atoms with Crippen molar-refractivity contribution in [3.05, 3.63) is 23.5 Å². The first-order chi connectivity index (χ1) is 10.5. The van der Waals surface area contributed by atoms with Crippen LogP contribution in [0.1, 0.15) is 61.5 Å². The van der Waals surface area contributed by atoms with Gasteiger partial charge < -0.3 is 15.2 Å². The number of aromatic nitrogens is 1. The van der Waals surface area contributed by atoms with Gasteiger partial charge in [-0.2, -0.15) is 0 Å². The highest BCUT2D eigenvalue weighted by Gasteiger charge is 2.38. The fourth-order valence-corrected chi connectivity index (χ4v) is 3.84. The average Bonchev–Trinajstić information content (AvgIpc) is 2.80. The minimum Gasteiger partial charge on any atom is -0.366 e. The first-order valence-corrected chi connectivity index (χ1v) is 8.28. The van der Waals surface area contributed by atoms with Crippen molar-refractivity contribution in [3.63, 3.8) is 0 Å². The molecule has 0 aromatic carbocycles. The highest BCUT2D eigenvalue weighted by molar-refractivity contribution is 5.92. The van der Waals surface area contributed by atoms with Crippen molar-refractivity contribution < 1.29 is 9.59 Å². The van der Waals surface area contributed by atoms with Crippen molar-refractivity contribution in [2.75, 3.05) is 6.54 Å². The fraction of sp³-hybridized carbons (Fsp3) is 0.647. The maximum absolute atomic E-state index is 13.0. The first-order valence-electron chi connectivity index (χ1n) is 8.28. The van der Waals surface area contributed by atoms with Gasteiger partial charge in [0.2, 0.25) is 11.8 Å². The van der Waals surface area contributed by atoms with Crippen LogP contribution in [0.25, 0.3) is 0 Å². The Morgan fingerprint density at radius 3 is 2.55 bits per heavy atom. The number of aryl methyl sites for hydroxylation is 1. The predicted molar refractivity (Wildman–Crippen MR) is 84.2 cm³/mol. The van der Waals surface area contributed by atoms with Gasteiger partial charge in [0.05, 0.1) is 12.1 Å². The first kappa shape index (κ1) is 15.1. The Hall–Kier alpha value is -1.78. The van der Waals surface area contributed by atoms with E-state index < -0.39 is 5.91 Å². The number of amides is 2. The van der Waals surface area contributed by atoms with Gasteiger partial charge in [-0.3, -0.25) is 9.59 Å². The molecule has 0 saturated heterocycles. The van der Waals surface area contributed by atoms with E-state index in [1.165, 1.54) is 6.42 Å². The van der Waals surface area contributed by atoms with Crippen molar-refractivity contribution in [1.29, 1.82) is 0 Å². The topological polar surface area (TPSA) is 68.3 Å². The van der Waals surface area contributed by atoms with Crippen molar-refractivity contribution in [1.82, 2.24) is 9.47 Å². The van der Waals surface area contributed by atoms with Crippen molar-refractivity contribution in [2.24, 2.45) is 11.1 Å². The van der Waals surface area contributed by atoms with E-state index in [1.54, 1.807) is 0 Å². The maximum atomic E-state index is 13.0. The summed E-state index contributed by atoms with van der Waals surface area (Å²) in [5, 5.41) is 0. The van der Waals surface area contributed by atoms with Crippen molar-refractivity contribution in [2.45, 2.75) is 58.5 Å². The molecule has 0 spiro atoms. The number of fused-ring (bicyclic) bond motifs is 1. The van der Waals surface area contributed by atoms with Crippen LogP contribution < -0.4 is 5.73 Å². The van der Waals surface area contributed by atoms with Crippen LogP contribution in [0.5, 0.6) is 0 Å². The Morgan fingerprint density at radius 2 is 1.86 bits per heavy atom. The van der Waals surface area contributed by atoms with Gasteiger partial charge in [-0.25, -0.2) is 0 Å². The van der Waals surface area contributed by atoms with Crippen LogP contribution in [0, 0.1) is 5.41 Å².